The van der Waals surface area contributed by atoms with Crippen molar-refractivity contribution >= 4 is 21.6 Å². The maximum absolute atomic E-state index is 13.7. The molecule has 1 fully saturated rings. The number of anilines is 1. The van der Waals surface area contributed by atoms with Crippen molar-refractivity contribution in [3.63, 3.8) is 0 Å². The van der Waals surface area contributed by atoms with E-state index in [4.69, 9.17) is 0 Å². The number of hydrogen-bond acceptors (Lipinski definition) is 3. The average molecular weight is 398 g/mol. The fraction of sp³-hybridized carbons (Fsp3) is 0.278. The van der Waals surface area contributed by atoms with E-state index in [-0.39, 0.29) is 30.8 Å². The largest absolute Gasteiger partial charge is 0.323 e. The zero-order chi connectivity index (χ0) is 19.6. The first-order chi connectivity index (χ1) is 12.8. The molecule has 0 spiro atoms. The molecule has 0 aromatic heterocycles. The zero-order valence-corrected chi connectivity index (χ0v) is 15.0. The summed E-state index contributed by atoms with van der Waals surface area (Å²) in [7, 11) is -3.64. The summed E-state index contributed by atoms with van der Waals surface area (Å²) in [6, 6.07) is 9.64. The Morgan fingerprint density at radius 2 is 1.59 bits per heavy atom. The van der Waals surface area contributed by atoms with Crippen LogP contribution in [0.5, 0.6) is 0 Å². The number of rotatable bonds is 4. The number of piperidine rings is 1. The molecule has 1 N–H and O–H groups in total. The van der Waals surface area contributed by atoms with Crippen LogP contribution in [0.3, 0.4) is 0 Å². The molecule has 0 radical (unpaired) electrons. The monoisotopic (exact) mass is 398 g/mol. The Bertz CT molecular complexity index is 944. The molecule has 144 valence electrons. The Morgan fingerprint density at radius 3 is 2.22 bits per heavy atom. The second kappa shape index (κ2) is 7.69. The van der Waals surface area contributed by atoms with Gasteiger partial charge in [-0.1, -0.05) is 18.2 Å². The first kappa shape index (κ1) is 19.4. The van der Waals surface area contributed by atoms with Gasteiger partial charge in [-0.25, -0.2) is 21.6 Å². The number of carbonyl (C=O) groups is 1. The third kappa shape index (κ3) is 3.98. The van der Waals surface area contributed by atoms with Crippen LogP contribution in [0, 0.1) is 23.4 Å². The van der Waals surface area contributed by atoms with Gasteiger partial charge in [-0.15, -0.1) is 0 Å². The van der Waals surface area contributed by atoms with Crippen LogP contribution < -0.4 is 5.32 Å². The molecule has 2 aromatic rings. The summed E-state index contributed by atoms with van der Waals surface area (Å²) in [5.74, 6) is -5.58. The fourth-order valence-electron chi connectivity index (χ4n) is 2.96. The van der Waals surface area contributed by atoms with E-state index in [0.717, 1.165) is 12.1 Å². The maximum atomic E-state index is 13.7. The highest BCUT2D eigenvalue weighted by molar-refractivity contribution is 7.89. The molecule has 1 saturated heterocycles. The van der Waals surface area contributed by atoms with E-state index in [9.17, 15) is 26.4 Å². The van der Waals surface area contributed by atoms with E-state index in [1.807, 2.05) is 0 Å². The third-order valence-corrected chi connectivity index (χ3v) is 6.41. The van der Waals surface area contributed by atoms with Crippen LogP contribution in [-0.2, 0) is 14.8 Å². The lowest BCUT2D eigenvalue weighted by Gasteiger charge is -2.30. The molecule has 0 atom stereocenters. The maximum Gasteiger partial charge on any atom is 0.243 e. The van der Waals surface area contributed by atoms with E-state index >= 15 is 0 Å². The third-order valence-electron chi connectivity index (χ3n) is 4.50. The number of carbonyl (C=O) groups excluding carboxylic acids is 1. The lowest BCUT2D eigenvalue weighted by Crippen LogP contribution is -2.41. The summed E-state index contributed by atoms with van der Waals surface area (Å²) in [5, 5.41) is 2.24. The molecule has 1 aliphatic rings. The van der Waals surface area contributed by atoms with Gasteiger partial charge in [0.15, 0.2) is 17.5 Å². The SMILES string of the molecule is O=C(Nc1ccc(F)c(F)c1F)C1CCN(S(=O)(=O)c2ccccc2)CC1. The number of sulfonamides is 1. The standard InChI is InChI=1S/C18H17F3N2O3S/c19-14-6-7-15(17(21)16(14)20)22-18(24)12-8-10-23(11-9-12)27(25,26)13-4-2-1-3-5-13/h1-7,12H,8-11H2,(H,22,24). The van der Waals surface area contributed by atoms with Crippen LogP contribution in [0.2, 0.25) is 0 Å². The van der Waals surface area contributed by atoms with Gasteiger partial charge in [0.2, 0.25) is 15.9 Å². The van der Waals surface area contributed by atoms with Gasteiger partial charge >= 0.3 is 0 Å². The van der Waals surface area contributed by atoms with Crippen molar-refractivity contribution in [1.82, 2.24) is 4.31 Å². The normalized spacial score (nSPS) is 16.3. The molecule has 3 rings (SSSR count). The summed E-state index contributed by atoms with van der Waals surface area (Å²) in [5.41, 5.74) is -0.446. The van der Waals surface area contributed by atoms with Gasteiger partial charge < -0.3 is 5.32 Å². The molecule has 0 unspecified atom stereocenters. The molecule has 0 bridgehead atoms. The highest BCUT2D eigenvalue weighted by atomic mass is 32.2. The van der Waals surface area contributed by atoms with Crippen molar-refractivity contribution in [3.05, 3.63) is 59.9 Å². The second-order valence-electron chi connectivity index (χ2n) is 6.20. The van der Waals surface area contributed by atoms with Crippen molar-refractivity contribution in [2.24, 2.45) is 5.92 Å². The molecule has 27 heavy (non-hydrogen) atoms. The predicted octanol–water partition coefficient (Wildman–Crippen LogP) is 3.14. The quantitative estimate of drug-likeness (QED) is 0.805. The smallest absolute Gasteiger partial charge is 0.243 e. The summed E-state index contributed by atoms with van der Waals surface area (Å²) < 4.78 is 66.3. The molecule has 1 heterocycles. The summed E-state index contributed by atoms with van der Waals surface area (Å²) in [6.45, 7) is 0.269. The molecule has 0 saturated carbocycles. The van der Waals surface area contributed by atoms with Crippen molar-refractivity contribution in [1.29, 1.82) is 0 Å². The van der Waals surface area contributed by atoms with Gasteiger partial charge in [0.1, 0.15) is 0 Å². The van der Waals surface area contributed by atoms with Crippen LogP contribution in [0.25, 0.3) is 0 Å². The number of benzene rings is 2. The number of hydrogen-bond donors (Lipinski definition) is 1. The lowest BCUT2D eigenvalue weighted by atomic mass is 9.97. The molecule has 0 aliphatic carbocycles. The van der Waals surface area contributed by atoms with Gasteiger partial charge in [0, 0.05) is 19.0 Å². The van der Waals surface area contributed by atoms with Crippen LogP contribution in [0.15, 0.2) is 47.4 Å². The molecular formula is C18H17F3N2O3S. The van der Waals surface area contributed by atoms with Crippen molar-refractivity contribution < 1.29 is 26.4 Å². The Balaban J connectivity index is 1.64. The van der Waals surface area contributed by atoms with Crippen molar-refractivity contribution in [2.75, 3.05) is 18.4 Å². The van der Waals surface area contributed by atoms with E-state index in [1.165, 1.54) is 16.4 Å². The fourth-order valence-corrected chi connectivity index (χ4v) is 4.45. The first-order valence-corrected chi connectivity index (χ1v) is 9.74. The zero-order valence-electron chi connectivity index (χ0n) is 14.2. The number of amides is 1. The predicted molar refractivity (Wildman–Crippen MR) is 92.9 cm³/mol. The van der Waals surface area contributed by atoms with E-state index in [2.05, 4.69) is 5.32 Å². The van der Waals surface area contributed by atoms with Gasteiger partial charge in [-0.05, 0) is 37.1 Å². The van der Waals surface area contributed by atoms with E-state index in [1.54, 1.807) is 18.2 Å². The highest BCUT2D eigenvalue weighted by Gasteiger charge is 2.32. The van der Waals surface area contributed by atoms with E-state index in [0.29, 0.717) is 0 Å². The number of nitrogens with one attached hydrogen (secondary N) is 1. The molecule has 5 nitrogen and oxygen atoms in total. The molecule has 2 aromatic carbocycles. The first-order valence-electron chi connectivity index (χ1n) is 8.30. The van der Waals surface area contributed by atoms with Crippen LogP contribution in [-0.4, -0.2) is 31.7 Å². The Morgan fingerprint density at radius 1 is 0.963 bits per heavy atom. The Hall–Kier alpha value is -2.39. The topological polar surface area (TPSA) is 66.5 Å². The number of halogens is 3. The highest BCUT2D eigenvalue weighted by Crippen LogP contribution is 2.26. The lowest BCUT2D eigenvalue weighted by molar-refractivity contribution is -0.120. The molecule has 9 heteroatoms. The van der Waals surface area contributed by atoms with Crippen molar-refractivity contribution in [3.8, 4) is 0 Å². The minimum absolute atomic E-state index is 0.134. The minimum atomic E-state index is -3.64. The molecule has 1 amide bonds. The van der Waals surface area contributed by atoms with Gasteiger partial charge in [0.05, 0.1) is 10.6 Å². The van der Waals surface area contributed by atoms with Crippen LogP contribution in [0.4, 0.5) is 18.9 Å². The van der Waals surface area contributed by atoms with Gasteiger partial charge in [0.25, 0.3) is 0 Å². The molecular weight excluding hydrogens is 381 g/mol. The summed E-state index contributed by atoms with van der Waals surface area (Å²) >= 11 is 0. The van der Waals surface area contributed by atoms with Gasteiger partial charge in [-0.3, -0.25) is 4.79 Å². The minimum Gasteiger partial charge on any atom is -0.323 e. The Labute approximate surface area is 154 Å². The summed E-state index contributed by atoms with van der Waals surface area (Å²) in [6.07, 6.45) is 0.479. The number of nitrogens with zero attached hydrogens (tertiary/aromatic N) is 1. The second-order valence-corrected chi connectivity index (χ2v) is 8.14. The van der Waals surface area contributed by atoms with Crippen molar-refractivity contribution in [2.45, 2.75) is 17.7 Å². The van der Waals surface area contributed by atoms with Crippen LogP contribution >= 0.6 is 0 Å². The average Bonchev–Trinajstić information content (AvgIpc) is 2.69. The molecule has 1 aliphatic heterocycles. The van der Waals surface area contributed by atoms with E-state index < -0.39 is 45.0 Å². The van der Waals surface area contributed by atoms with Crippen LogP contribution in [0.1, 0.15) is 12.8 Å². The summed E-state index contributed by atoms with van der Waals surface area (Å²) in [4.78, 5) is 12.5. The van der Waals surface area contributed by atoms with Gasteiger partial charge in [-0.2, -0.15) is 4.31 Å². The Kier molecular flexibility index (Phi) is 5.52.